The Bertz CT molecular complexity index is 977. The minimum absolute atomic E-state index is 0.0268. The molecule has 7 nitrogen and oxygen atoms in total. The number of hydrogen-bond acceptors (Lipinski definition) is 5. The number of carbonyl (C=O) groups is 1. The summed E-state index contributed by atoms with van der Waals surface area (Å²) in [6, 6.07) is 12.3. The molecule has 1 aliphatic rings. The topological polar surface area (TPSA) is 93.7 Å². The van der Waals surface area contributed by atoms with Crippen molar-refractivity contribution in [3.8, 4) is 11.5 Å². The van der Waals surface area contributed by atoms with Crippen LogP contribution in [0.25, 0.3) is 0 Å². The SMILES string of the molecule is COc1cccc(OC)c1CNC(=O)CCc1ccc(S(=O)(=O)NC2CCCCC2)cc1. The van der Waals surface area contributed by atoms with Crippen LogP contribution in [0.2, 0.25) is 0 Å². The molecule has 174 valence electrons. The predicted octanol–water partition coefficient (Wildman–Crippen LogP) is 3.56. The Labute approximate surface area is 190 Å². The number of hydrogen-bond donors (Lipinski definition) is 2. The third kappa shape index (κ3) is 6.46. The smallest absolute Gasteiger partial charge is 0.240 e. The molecule has 0 bridgehead atoms. The van der Waals surface area contributed by atoms with Crippen LogP contribution in [-0.2, 0) is 27.8 Å². The van der Waals surface area contributed by atoms with Crippen molar-refractivity contribution in [1.82, 2.24) is 10.0 Å². The van der Waals surface area contributed by atoms with Crippen molar-refractivity contribution in [2.24, 2.45) is 0 Å². The lowest BCUT2D eigenvalue weighted by atomic mass is 9.96. The number of ether oxygens (including phenoxy) is 2. The summed E-state index contributed by atoms with van der Waals surface area (Å²) in [5.74, 6) is 1.21. The van der Waals surface area contributed by atoms with Gasteiger partial charge in [0.05, 0.1) is 31.2 Å². The standard InChI is InChI=1S/C24H32N2O5S/c1-30-22-9-6-10-23(31-2)21(22)17-25-24(27)16-13-18-11-14-20(15-12-18)32(28,29)26-19-7-4-3-5-8-19/h6,9-12,14-15,19,26H,3-5,7-8,13,16-17H2,1-2H3,(H,25,27). The molecular weight excluding hydrogens is 428 g/mol. The summed E-state index contributed by atoms with van der Waals surface area (Å²) in [5.41, 5.74) is 1.69. The Morgan fingerprint density at radius 2 is 1.59 bits per heavy atom. The van der Waals surface area contributed by atoms with Gasteiger partial charge in [-0.05, 0) is 49.1 Å². The van der Waals surface area contributed by atoms with E-state index in [1.807, 2.05) is 18.2 Å². The summed E-state index contributed by atoms with van der Waals surface area (Å²) in [7, 11) is -0.357. The molecule has 0 radical (unpaired) electrons. The second kappa shape index (κ2) is 11.3. The van der Waals surface area contributed by atoms with Crippen molar-refractivity contribution in [2.45, 2.75) is 62.4 Å². The van der Waals surface area contributed by atoms with Crippen molar-refractivity contribution >= 4 is 15.9 Å². The van der Waals surface area contributed by atoms with Crippen LogP contribution in [0.3, 0.4) is 0 Å². The molecule has 0 aromatic heterocycles. The first-order valence-electron chi connectivity index (χ1n) is 11.0. The highest BCUT2D eigenvalue weighted by Gasteiger charge is 2.21. The van der Waals surface area contributed by atoms with Gasteiger partial charge in [-0.3, -0.25) is 4.79 Å². The van der Waals surface area contributed by atoms with Crippen molar-refractivity contribution in [2.75, 3.05) is 14.2 Å². The molecule has 0 spiro atoms. The van der Waals surface area contributed by atoms with Crippen LogP contribution >= 0.6 is 0 Å². The van der Waals surface area contributed by atoms with E-state index in [2.05, 4.69) is 10.0 Å². The maximum absolute atomic E-state index is 12.6. The fraction of sp³-hybridized carbons (Fsp3) is 0.458. The fourth-order valence-corrected chi connectivity index (χ4v) is 5.28. The lowest BCUT2D eigenvalue weighted by molar-refractivity contribution is -0.121. The van der Waals surface area contributed by atoms with E-state index in [-0.39, 0.29) is 16.8 Å². The van der Waals surface area contributed by atoms with Gasteiger partial charge in [0, 0.05) is 12.5 Å². The number of methoxy groups -OCH3 is 2. The molecule has 0 atom stereocenters. The third-order valence-corrected chi connectivity index (χ3v) is 7.33. The van der Waals surface area contributed by atoms with Gasteiger partial charge in [-0.2, -0.15) is 0 Å². The van der Waals surface area contributed by atoms with Crippen LogP contribution in [-0.4, -0.2) is 34.6 Å². The molecule has 1 amide bonds. The Hall–Kier alpha value is -2.58. The Morgan fingerprint density at radius 3 is 2.19 bits per heavy atom. The van der Waals surface area contributed by atoms with Gasteiger partial charge < -0.3 is 14.8 Å². The van der Waals surface area contributed by atoms with Gasteiger partial charge in [0.15, 0.2) is 0 Å². The summed E-state index contributed by atoms with van der Waals surface area (Å²) < 4.78 is 38.7. The molecule has 1 saturated carbocycles. The molecule has 2 N–H and O–H groups in total. The number of sulfonamides is 1. The van der Waals surface area contributed by atoms with Crippen LogP contribution in [0, 0.1) is 0 Å². The van der Waals surface area contributed by atoms with Gasteiger partial charge in [-0.1, -0.05) is 37.5 Å². The number of nitrogens with one attached hydrogen (secondary N) is 2. The van der Waals surface area contributed by atoms with E-state index in [0.717, 1.165) is 36.8 Å². The molecular formula is C24H32N2O5S. The van der Waals surface area contributed by atoms with E-state index in [4.69, 9.17) is 9.47 Å². The van der Waals surface area contributed by atoms with Gasteiger partial charge in [-0.25, -0.2) is 13.1 Å². The van der Waals surface area contributed by atoms with E-state index < -0.39 is 10.0 Å². The molecule has 0 heterocycles. The van der Waals surface area contributed by atoms with Crippen LogP contribution in [0.4, 0.5) is 0 Å². The first-order chi connectivity index (χ1) is 15.4. The van der Waals surface area contributed by atoms with E-state index in [0.29, 0.717) is 30.9 Å². The average molecular weight is 461 g/mol. The molecule has 3 rings (SSSR count). The number of amides is 1. The largest absolute Gasteiger partial charge is 0.496 e. The van der Waals surface area contributed by atoms with E-state index in [9.17, 15) is 13.2 Å². The zero-order chi connectivity index (χ0) is 23.0. The second-order valence-electron chi connectivity index (χ2n) is 8.02. The van der Waals surface area contributed by atoms with Crippen molar-refractivity contribution in [3.63, 3.8) is 0 Å². The maximum atomic E-state index is 12.6. The quantitative estimate of drug-likeness (QED) is 0.565. The molecule has 8 heteroatoms. The fourth-order valence-electron chi connectivity index (χ4n) is 3.98. The highest BCUT2D eigenvalue weighted by molar-refractivity contribution is 7.89. The second-order valence-corrected chi connectivity index (χ2v) is 9.73. The molecule has 1 aliphatic carbocycles. The highest BCUT2D eigenvalue weighted by atomic mass is 32.2. The summed E-state index contributed by atoms with van der Waals surface area (Å²) >= 11 is 0. The highest BCUT2D eigenvalue weighted by Crippen LogP contribution is 2.28. The van der Waals surface area contributed by atoms with E-state index >= 15 is 0 Å². The van der Waals surface area contributed by atoms with Crippen molar-refractivity contribution < 1.29 is 22.7 Å². The summed E-state index contributed by atoms with van der Waals surface area (Å²) in [6.07, 6.45) is 5.92. The lowest BCUT2D eigenvalue weighted by Gasteiger charge is -2.22. The van der Waals surface area contributed by atoms with Crippen molar-refractivity contribution in [1.29, 1.82) is 0 Å². The van der Waals surface area contributed by atoms with Crippen LogP contribution in [0.1, 0.15) is 49.7 Å². The lowest BCUT2D eigenvalue weighted by Crippen LogP contribution is -2.36. The molecule has 1 fully saturated rings. The molecule has 2 aromatic rings. The number of carbonyl (C=O) groups excluding carboxylic acids is 1. The van der Waals surface area contributed by atoms with Crippen LogP contribution in [0.5, 0.6) is 11.5 Å². The van der Waals surface area contributed by atoms with Gasteiger partial charge in [0.1, 0.15) is 11.5 Å². The summed E-state index contributed by atoms with van der Waals surface area (Å²) in [4.78, 5) is 12.6. The predicted molar refractivity (Wildman–Crippen MR) is 123 cm³/mol. The molecule has 0 unspecified atom stereocenters. The first-order valence-corrected chi connectivity index (χ1v) is 12.5. The molecule has 0 aliphatic heterocycles. The minimum atomic E-state index is -3.51. The van der Waals surface area contributed by atoms with Gasteiger partial charge in [-0.15, -0.1) is 0 Å². The Kier molecular flexibility index (Phi) is 8.53. The average Bonchev–Trinajstić information content (AvgIpc) is 2.81. The normalized spacial score (nSPS) is 14.7. The van der Waals surface area contributed by atoms with E-state index in [1.165, 1.54) is 6.42 Å². The summed E-state index contributed by atoms with van der Waals surface area (Å²) in [6.45, 7) is 0.302. The van der Waals surface area contributed by atoms with Gasteiger partial charge in [0.2, 0.25) is 15.9 Å². The Morgan fingerprint density at radius 1 is 0.969 bits per heavy atom. The molecule has 0 saturated heterocycles. The third-order valence-electron chi connectivity index (χ3n) is 5.79. The zero-order valence-corrected chi connectivity index (χ0v) is 19.5. The van der Waals surface area contributed by atoms with Crippen molar-refractivity contribution in [3.05, 3.63) is 53.6 Å². The van der Waals surface area contributed by atoms with Crippen LogP contribution < -0.4 is 19.5 Å². The first kappa shape index (κ1) is 24.1. The molecule has 32 heavy (non-hydrogen) atoms. The number of rotatable bonds is 10. The minimum Gasteiger partial charge on any atom is -0.496 e. The number of aryl methyl sites for hydroxylation is 1. The zero-order valence-electron chi connectivity index (χ0n) is 18.7. The number of benzene rings is 2. The molecule has 2 aromatic carbocycles. The maximum Gasteiger partial charge on any atom is 0.240 e. The van der Waals surface area contributed by atoms with Crippen LogP contribution in [0.15, 0.2) is 47.4 Å². The van der Waals surface area contributed by atoms with Gasteiger partial charge in [0.25, 0.3) is 0 Å². The Balaban J connectivity index is 1.51. The van der Waals surface area contributed by atoms with E-state index in [1.54, 1.807) is 38.5 Å². The monoisotopic (exact) mass is 460 g/mol. The summed E-state index contributed by atoms with van der Waals surface area (Å²) in [5, 5.41) is 2.89. The van der Waals surface area contributed by atoms with Gasteiger partial charge >= 0.3 is 0 Å².